The van der Waals surface area contributed by atoms with E-state index in [0.717, 1.165) is 0 Å². The Morgan fingerprint density at radius 1 is 1.50 bits per heavy atom. The molecule has 0 saturated carbocycles. The van der Waals surface area contributed by atoms with Crippen molar-refractivity contribution in [2.24, 2.45) is 0 Å². The van der Waals surface area contributed by atoms with Crippen LogP contribution in [0.3, 0.4) is 0 Å². The van der Waals surface area contributed by atoms with Gasteiger partial charge in [0.2, 0.25) is 0 Å². The Balaban J connectivity index is 2.10. The summed E-state index contributed by atoms with van der Waals surface area (Å²) in [7, 11) is 0. The number of nitrogens with zero attached hydrogens (tertiary/aromatic N) is 1. The molecule has 0 amide bonds. The van der Waals surface area contributed by atoms with Gasteiger partial charge in [-0.15, -0.1) is 0 Å². The van der Waals surface area contributed by atoms with E-state index < -0.39 is 24.9 Å². The molecule has 1 heterocycles. The molecule has 1 N–H and O–H groups in total. The van der Waals surface area contributed by atoms with Gasteiger partial charge in [-0.25, -0.2) is 4.79 Å². The third-order valence-electron chi connectivity index (χ3n) is 2.45. The van der Waals surface area contributed by atoms with E-state index in [1.165, 1.54) is 0 Å². The maximum absolute atomic E-state index is 11.8. The van der Waals surface area contributed by atoms with Crippen molar-refractivity contribution in [2.75, 3.05) is 39.5 Å². The lowest BCUT2D eigenvalue weighted by Gasteiger charge is -2.30. The number of ether oxygens (including phenoxy) is 2. The third-order valence-corrected chi connectivity index (χ3v) is 2.45. The predicted octanol–water partition coefficient (Wildman–Crippen LogP) is 0.741. The number of morpholine rings is 1. The molecule has 0 radical (unpaired) electrons. The molecule has 0 aromatic carbocycles. The first kappa shape index (κ1) is 15.2. The Bertz CT molecular complexity index is 272. The average molecular weight is 271 g/mol. The molecule has 1 rings (SSSR count). The molecule has 0 spiro atoms. The molecule has 0 aromatic heterocycles. The number of carboxylic acid groups (broad SMARTS) is 1. The molecular formula is C10H16F3NO4. The minimum absolute atomic E-state index is 0.00854. The van der Waals surface area contributed by atoms with Crippen molar-refractivity contribution in [2.45, 2.75) is 18.7 Å². The molecule has 1 atom stereocenters. The second kappa shape index (κ2) is 6.91. The zero-order valence-corrected chi connectivity index (χ0v) is 9.78. The predicted molar refractivity (Wildman–Crippen MR) is 55.3 cm³/mol. The summed E-state index contributed by atoms with van der Waals surface area (Å²) in [5, 5.41) is 8.75. The van der Waals surface area contributed by atoms with Crippen LogP contribution in [0.5, 0.6) is 0 Å². The second-order valence-electron chi connectivity index (χ2n) is 4.02. The second-order valence-corrected chi connectivity index (χ2v) is 4.02. The van der Waals surface area contributed by atoms with Gasteiger partial charge < -0.3 is 14.6 Å². The van der Waals surface area contributed by atoms with Crippen LogP contribution in [0.15, 0.2) is 0 Å². The molecule has 0 bridgehead atoms. The Morgan fingerprint density at radius 2 is 2.22 bits per heavy atom. The van der Waals surface area contributed by atoms with Crippen LogP contribution in [0, 0.1) is 0 Å². The van der Waals surface area contributed by atoms with E-state index in [2.05, 4.69) is 4.74 Å². The fraction of sp³-hybridized carbons (Fsp3) is 0.900. The number of alkyl halides is 3. The summed E-state index contributed by atoms with van der Waals surface area (Å²) >= 11 is 0. The maximum Gasteiger partial charge on any atom is 0.411 e. The van der Waals surface area contributed by atoms with Crippen molar-refractivity contribution < 1.29 is 32.5 Å². The molecule has 106 valence electrons. The highest BCUT2D eigenvalue weighted by atomic mass is 19.4. The standard InChI is InChI=1S/C10H16F3NO4/c11-10(12,13)7-17-4-1-2-14-3-5-18-8(6-14)9(15)16/h8H,1-7H2,(H,15,16). The van der Waals surface area contributed by atoms with Gasteiger partial charge in [0.25, 0.3) is 0 Å². The largest absolute Gasteiger partial charge is 0.479 e. The quantitative estimate of drug-likeness (QED) is 0.722. The Morgan fingerprint density at radius 3 is 2.83 bits per heavy atom. The Labute approximate surface area is 102 Å². The lowest BCUT2D eigenvalue weighted by Crippen LogP contribution is -2.46. The van der Waals surface area contributed by atoms with E-state index in [4.69, 9.17) is 9.84 Å². The normalized spacial score (nSPS) is 22.1. The topological polar surface area (TPSA) is 59.0 Å². The number of rotatable bonds is 6. The number of hydrogen-bond donors (Lipinski definition) is 1. The Hall–Kier alpha value is -0.860. The zero-order valence-electron chi connectivity index (χ0n) is 9.78. The van der Waals surface area contributed by atoms with Crippen LogP contribution in [0.4, 0.5) is 13.2 Å². The van der Waals surface area contributed by atoms with Gasteiger partial charge >= 0.3 is 12.1 Å². The minimum Gasteiger partial charge on any atom is -0.479 e. The number of carboxylic acids is 1. The van der Waals surface area contributed by atoms with Gasteiger partial charge in [-0.2, -0.15) is 13.2 Å². The summed E-state index contributed by atoms with van der Waals surface area (Å²) in [4.78, 5) is 12.5. The van der Waals surface area contributed by atoms with Gasteiger partial charge in [-0.3, -0.25) is 4.90 Å². The molecule has 1 saturated heterocycles. The molecule has 5 nitrogen and oxygen atoms in total. The van der Waals surface area contributed by atoms with Crippen LogP contribution in [0.1, 0.15) is 6.42 Å². The van der Waals surface area contributed by atoms with Gasteiger partial charge in [0.15, 0.2) is 6.10 Å². The molecule has 0 aromatic rings. The summed E-state index contributed by atoms with van der Waals surface area (Å²) in [6.07, 6.45) is -4.72. The van der Waals surface area contributed by atoms with Crippen molar-refractivity contribution >= 4 is 5.97 Å². The summed E-state index contributed by atoms with van der Waals surface area (Å²) < 4.78 is 44.8. The van der Waals surface area contributed by atoms with E-state index in [0.29, 0.717) is 26.1 Å². The first-order valence-electron chi connectivity index (χ1n) is 5.60. The van der Waals surface area contributed by atoms with E-state index in [9.17, 15) is 18.0 Å². The molecule has 1 unspecified atom stereocenters. The highest BCUT2D eigenvalue weighted by molar-refractivity contribution is 5.72. The van der Waals surface area contributed by atoms with Crippen LogP contribution < -0.4 is 0 Å². The summed E-state index contributed by atoms with van der Waals surface area (Å²) in [5.41, 5.74) is 0. The first-order valence-corrected chi connectivity index (χ1v) is 5.60. The molecule has 0 aliphatic carbocycles. The lowest BCUT2D eigenvalue weighted by molar-refractivity contribution is -0.174. The molecule has 1 aliphatic heterocycles. The van der Waals surface area contributed by atoms with Crippen LogP contribution in [-0.4, -0.2) is 67.7 Å². The number of halogens is 3. The van der Waals surface area contributed by atoms with Crippen LogP contribution in [0.2, 0.25) is 0 Å². The highest BCUT2D eigenvalue weighted by Gasteiger charge is 2.28. The van der Waals surface area contributed by atoms with E-state index in [1.807, 2.05) is 4.90 Å². The average Bonchev–Trinajstić information content (AvgIpc) is 2.27. The van der Waals surface area contributed by atoms with Crippen LogP contribution >= 0.6 is 0 Å². The molecular weight excluding hydrogens is 255 g/mol. The Kier molecular flexibility index (Phi) is 5.83. The van der Waals surface area contributed by atoms with E-state index in [-0.39, 0.29) is 13.2 Å². The van der Waals surface area contributed by atoms with Crippen LogP contribution in [0.25, 0.3) is 0 Å². The van der Waals surface area contributed by atoms with Gasteiger partial charge in [0, 0.05) is 26.2 Å². The van der Waals surface area contributed by atoms with E-state index >= 15 is 0 Å². The lowest BCUT2D eigenvalue weighted by atomic mass is 10.2. The number of carbonyl (C=O) groups is 1. The smallest absolute Gasteiger partial charge is 0.411 e. The van der Waals surface area contributed by atoms with Crippen molar-refractivity contribution in [3.8, 4) is 0 Å². The summed E-state index contributed by atoms with van der Waals surface area (Å²) in [6, 6.07) is 0. The molecule has 1 fully saturated rings. The van der Waals surface area contributed by atoms with Gasteiger partial charge in [-0.1, -0.05) is 0 Å². The van der Waals surface area contributed by atoms with Crippen LogP contribution in [-0.2, 0) is 14.3 Å². The van der Waals surface area contributed by atoms with Crippen molar-refractivity contribution in [1.82, 2.24) is 4.90 Å². The van der Waals surface area contributed by atoms with Crippen molar-refractivity contribution in [3.05, 3.63) is 0 Å². The monoisotopic (exact) mass is 271 g/mol. The first-order chi connectivity index (χ1) is 8.38. The molecule has 8 heteroatoms. The third kappa shape index (κ3) is 6.18. The minimum atomic E-state index is -4.30. The number of hydrogen-bond acceptors (Lipinski definition) is 4. The molecule has 1 aliphatic rings. The summed E-state index contributed by atoms with van der Waals surface area (Å²) in [5.74, 6) is -1.02. The molecule has 18 heavy (non-hydrogen) atoms. The van der Waals surface area contributed by atoms with Gasteiger partial charge in [0.05, 0.1) is 6.61 Å². The fourth-order valence-corrected chi connectivity index (χ4v) is 1.63. The fourth-order valence-electron chi connectivity index (χ4n) is 1.63. The summed E-state index contributed by atoms with van der Waals surface area (Å²) in [6.45, 7) is 0.436. The maximum atomic E-state index is 11.8. The van der Waals surface area contributed by atoms with Crippen molar-refractivity contribution in [1.29, 1.82) is 0 Å². The van der Waals surface area contributed by atoms with Gasteiger partial charge in [0.1, 0.15) is 6.61 Å². The van der Waals surface area contributed by atoms with Gasteiger partial charge in [-0.05, 0) is 6.42 Å². The number of aliphatic carboxylic acids is 1. The highest BCUT2D eigenvalue weighted by Crippen LogP contribution is 2.14. The van der Waals surface area contributed by atoms with Crippen molar-refractivity contribution in [3.63, 3.8) is 0 Å². The van der Waals surface area contributed by atoms with E-state index in [1.54, 1.807) is 0 Å². The SMILES string of the molecule is O=C(O)C1CN(CCCOCC(F)(F)F)CCO1. The zero-order chi connectivity index (χ0) is 13.6.